The number of rotatable bonds is 4. The summed E-state index contributed by atoms with van der Waals surface area (Å²) in [6, 6.07) is 5.22. The third-order valence-electron chi connectivity index (χ3n) is 8.62. The molecule has 6 atom stereocenters. The maximum Gasteiger partial charge on any atom is 0.344 e. The Hall–Kier alpha value is -2.58. The normalized spacial score (nSPS) is 38.4. The van der Waals surface area contributed by atoms with Gasteiger partial charge < -0.3 is 24.2 Å². The first-order chi connectivity index (χ1) is 15.7. The van der Waals surface area contributed by atoms with Gasteiger partial charge in [-0.25, -0.2) is 4.79 Å². The number of esters is 2. The van der Waals surface area contributed by atoms with Crippen LogP contribution >= 0.6 is 0 Å². The van der Waals surface area contributed by atoms with Gasteiger partial charge in [-0.3, -0.25) is 9.69 Å². The second-order valence-electron chi connectivity index (χ2n) is 9.76. The summed E-state index contributed by atoms with van der Waals surface area (Å²) in [5.41, 5.74) is -1.41. The van der Waals surface area contributed by atoms with Crippen molar-refractivity contribution < 1.29 is 28.9 Å². The third kappa shape index (κ3) is 2.48. The second kappa shape index (κ2) is 7.21. The molecule has 4 aliphatic rings. The molecule has 0 bridgehead atoms. The van der Waals surface area contributed by atoms with E-state index in [2.05, 4.69) is 23.1 Å². The van der Waals surface area contributed by atoms with Gasteiger partial charge in [-0.1, -0.05) is 25.1 Å². The zero-order chi connectivity index (χ0) is 23.8. The van der Waals surface area contributed by atoms with Crippen molar-refractivity contribution in [2.75, 3.05) is 39.3 Å². The molecule has 178 valence electrons. The lowest BCUT2D eigenvalue weighted by Crippen LogP contribution is -2.81. The minimum Gasteiger partial charge on any atom is -0.497 e. The van der Waals surface area contributed by atoms with Crippen LogP contribution in [0.4, 0.5) is 5.69 Å². The predicted molar refractivity (Wildman–Crippen MR) is 121 cm³/mol. The molecule has 1 N–H and O–H groups in total. The van der Waals surface area contributed by atoms with E-state index in [9.17, 15) is 14.7 Å². The lowest BCUT2D eigenvalue weighted by molar-refractivity contribution is -0.228. The van der Waals surface area contributed by atoms with Crippen molar-refractivity contribution in [3.05, 3.63) is 35.9 Å². The maximum atomic E-state index is 13.5. The molecule has 3 aliphatic heterocycles. The Morgan fingerprint density at radius 2 is 2.00 bits per heavy atom. The van der Waals surface area contributed by atoms with Crippen molar-refractivity contribution in [2.24, 2.45) is 5.41 Å². The van der Waals surface area contributed by atoms with Crippen molar-refractivity contribution in [1.29, 1.82) is 0 Å². The van der Waals surface area contributed by atoms with Crippen molar-refractivity contribution in [2.45, 2.75) is 55.9 Å². The summed E-state index contributed by atoms with van der Waals surface area (Å²) < 4.78 is 16.6. The quantitative estimate of drug-likeness (QED) is 0.541. The van der Waals surface area contributed by atoms with E-state index in [-0.39, 0.29) is 6.04 Å². The van der Waals surface area contributed by atoms with Gasteiger partial charge in [0.1, 0.15) is 5.75 Å². The molecule has 3 heterocycles. The van der Waals surface area contributed by atoms with Gasteiger partial charge >= 0.3 is 11.9 Å². The molecule has 1 saturated carbocycles. The first-order valence-electron chi connectivity index (χ1n) is 11.5. The van der Waals surface area contributed by atoms with E-state index in [0.29, 0.717) is 12.2 Å². The molecule has 1 aromatic rings. The molecule has 5 rings (SSSR count). The summed E-state index contributed by atoms with van der Waals surface area (Å²) >= 11 is 0. The van der Waals surface area contributed by atoms with E-state index in [1.807, 2.05) is 31.0 Å². The molecule has 8 nitrogen and oxygen atoms in total. The van der Waals surface area contributed by atoms with Crippen molar-refractivity contribution in [3.8, 4) is 5.75 Å². The minimum absolute atomic E-state index is 0.0589. The van der Waals surface area contributed by atoms with E-state index in [1.165, 1.54) is 14.0 Å². The number of nitrogens with zero attached hydrogens (tertiary/aromatic N) is 2. The summed E-state index contributed by atoms with van der Waals surface area (Å²) in [7, 11) is 4.77. The summed E-state index contributed by atoms with van der Waals surface area (Å²) in [4.78, 5) is 30.2. The molecule has 0 aromatic heterocycles. The Morgan fingerprint density at radius 3 is 2.64 bits per heavy atom. The highest BCUT2D eigenvalue weighted by Crippen LogP contribution is 2.67. The molecule has 2 fully saturated rings. The molecule has 0 radical (unpaired) electrons. The lowest BCUT2D eigenvalue weighted by atomic mass is 9.47. The number of ether oxygens (including phenoxy) is 3. The number of carbonyl (C=O) groups excluding carboxylic acids is 2. The average Bonchev–Trinajstić information content (AvgIpc) is 3.32. The van der Waals surface area contributed by atoms with Gasteiger partial charge in [0.05, 0.1) is 20.3 Å². The van der Waals surface area contributed by atoms with Crippen LogP contribution in [0.25, 0.3) is 0 Å². The topological polar surface area (TPSA) is 88.5 Å². The highest BCUT2D eigenvalue weighted by atomic mass is 16.6. The van der Waals surface area contributed by atoms with Crippen LogP contribution in [0.5, 0.6) is 5.75 Å². The number of benzene rings is 1. The van der Waals surface area contributed by atoms with Gasteiger partial charge in [0.2, 0.25) is 5.60 Å². The zero-order valence-corrected chi connectivity index (χ0v) is 19.8. The SMILES string of the molecule is CC[C@]12C=CCN3CCC4(c5ccc(OC)cc5N(C)C4[C@@](O)(C(=O)OC)C1OC(C)=O)[C@@H]32. The number of carbonyl (C=O) groups is 2. The van der Waals surface area contributed by atoms with E-state index in [1.54, 1.807) is 7.11 Å². The van der Waals surface area contributed by atoms with Crippen LogP contribution in [-0.4, -0.2) is 80.1 Å². The fraction of sp³-hybridized carbons (Fsp3) is 0.600. The molecular formula is C25H32N2O6. The third-order valence-corrected chi connectivity index (χ3v) is 8.62. The standard InChI is InChI=1S/C25H32N2O6/c1-6-23-10-7-12-27-13-11-24(19(23)27)17-9-8-16(31-4)14-18(17)26(3)20(24)25(30,22(29)32-5)21(23)33-15(2)28/h7-10,14,19-21,30H,6,11-13H2,1-5H3/t19-,20?,21?,23+,24?,25-/m0/s1. The molecular weight excluding hydrogens is 424 g/mol. The van der Waals surface area contributed by atoms with Gasteiger partial charge in [-0.15, -0.1) is 0 Å². The van der Waals surface area contributed by atoms with Crippen molar-refractivity contribution >= 4 is 17.6 Å². The van der Waals surface area contributed by atoms with Crippen LogP contribution in [0, 0.1) is 5.41 Å². The fourth-order valence-corrected chi connectivity index (χ4v) is 7.68. The average molecular weight is 457 g/mol. The van der Waals surface area contributed by atoms with Gasteiger partial charge in [0.25, 0.3) is 0 Å². The smallest absolute Gasteiger partial charge is 0.344 e. The summed E-state index contributed by atoms with van der Waals surface area (Å²) in [6.07, 6.45) is 4.40. The van der Waals surface area contributed by atoms with E-state index in [0.717, 1.165) is 30.8 Å². The maximum absolute atomic E-state index is 13.5. The summed E-state index contributed by atoms with van der Waals surface area (Å²) in [5, 5.41) is 12.5. The molecule has 1 saturated heterocycles. The van der Waals surface area contributed by atoms with Crippen molar-refractivity contribution in [3.63, 3.8) is 0 Å². The molecule has 1 aliphatic carbocycles. The van der Waals surface area contributed by atoms with Crippen LogP contribution in [0.3, 0.4) is 0 Å². The van der Waals surface area contributed by atoms with Crippen molar-refractivity contribution in [1.82, 2.24) is 4.90 Å². The van der Waals surface area contributed by atoms with Gasteiger partial charge in [0, 0.05) is 49.1 Å². The number of fused-ring (bicyclic) bond motifs is 1. The van der Waals surface area contributed by atoms with Gasteiger partial charge in [0.15, 0.2) is 6.10 Å². The van der Waals surface area contributed by atoms with Crippen LogP contribution < -0.4 is 9.64 Å². The Kier molecular flexibility index (Phi) is 4.85. The Balaban J connectivity index is 1.86. The largest absolute Gasteiger partial charge is 0.497 e. The predicted octanol–water partition coefficient (Wildman–Crippen LogP) is 1.64. The molecule has 1 aromatic carbocycles. The van der Waals surface area contributed by atoms with Crippen LogP contribution in [0.1, 0.15) is 32.3 Å². The highest BCUT2D eigenvalue weighted by Gasteiger charge is 2.80. The molecule has 0 amide bonds. The van der Waals surface area contributed by atoms with E-state index in [4.69, 9.17) is 14.2 Å². The monoisotopic (exact) mass is 456 g/mol. The summed E-state index contributed by atoms with van der Waals surface area (Å²) in [5.74, 6) is -0.617. The lowest BCUT2D eigenvalue weighted by Gasteiger charge is -2.63. The van der Waals surface area contributed by atoms with E-state index < -0.39 is 40.5 Å². The molecule has 33 heavy (non-hydrogen) atoms. The van der Waals surface area contributed by atoms with Crippen LogP contribution in [0.15, 0.2) is 30.4 Å². The second-order valence-corrected chi connectivity index (χ2v) is 9.76. The Morgan fingerprint density at radius 1 is 1.24 bits per heavy atom. The number of methoxy groups -OCH3 is 2. The van der Waals surface area contributed by atoms with Gasteiger partial charge in [-0.2, -0.15) is 0 Å². The number of hydrogen-bond donors (Lipinski definition) is 1. The summed E-state index contributed by atoms with van der Waals surface area (Å²) in [6.45, 7) is 4.94. The number of likely N-dealkylation sites (N-methyl/N-ethyl adjacent to an activating group) is 1. The minimum atomic E-state index is -2.08. The van der Waals surface area contributed by atoms with Crippen LogP contribution in [0.2, 0.25) is 0 Å². The van der Waals surface area contributed by atoms with Crippen LogP contribution in [-0.2, 0) is 24.5 Å². The number of hydrogen-bond acceptors (Lipinski definition) is 8. The molecule has 3 unspecified atom stereocenters. The Bertz CT molecular complexity index is 1040. The fourth-order valence-electron chi connectivity index (χ4n) is 7.68. The number of aliphatic hydroxyl groups is 1. The van der Waals surface area contributed by atoms with E-state index >= 15 is 0 Å². The first kappa shape index (κ1) is 22.2. The van der Waals surface area contributed by atoms with Gasteiger partial charge in [-0.05, 0) is 31.0 Å². The molecule has 1 spiro atoms. The Labute approximate surface area is 194 Å². The highest BCUT2D eigenvalue weighted by molar-refractivity contribution is 5.87. The molecule has 8 heteroatoms. The zero-order valence-electron chi connectivity index (χ0n) is 19.8. The number of anilines is 1. The first-order valence-corrected chi connectivity index (χ1v) is 11.5.